The Kier molecular flexibility index (Phi) is 4.06. The number of nitriles is 3. The van der Waals surface area contributed by atoms with E-state index >= 15 is 0 Å². The molecule has 4 nitrogen and oxygen atoms in total. The molecule has 0 fully saturated rings. The number of benzene rings is 1. The Morgan fingerprint density at radius 3 is 1.50 bits per heavy atom. The fourth-order valence-corrected chi connectivity index (χ4v) is 1.35. The van der Waals surface area contributed by atoms with Crippen LogP contribution in [0.4, 0.5) is 17.6 Å². The fourth-order valence-electron chi connectivity index (χ4n) is 1.35. The van der Waals surface area contributed by atoms with Gasteiger partial charge < -0.3 is 0 Å². The first kappa shape index (κ1) is 14.7. The zero-order valence-corrected chi connectivity index (χ0v) is 9.38. The summed E-state index contributed by atoms with van der Waals surface area (Å²) in [5.74, 6) is -7.94. The van der Waals surface area contributed by atoms with E-state index in [4.69, 9.17) is 15.8 Å². The summed E-state index contributed by atoms with van der Waals surface area (Å²) in [5, 5.41) is 22.7. The molecular formula is C12HF4N4+. The lowest BCUT2D eigenvalue weighted by molar-refractivity contribution is 0.434. The van der Waals surface area contributed by atoms with Gasteiger partial charge in [-0.2, -0.15) is 15.8 Å². The summed E-state index contributed by atoms with van der Waals surface area (Å²) in [6, 6.07) is 3.36. The zero-order valence-electron chi connectivity index (χ0n) is 9.38. The molecule has 0 aromatic heterocycles. The maximum Gasteiger partial charge on any atom is 0.429 e. The second-order valence-corrected chi connectivity index (χ2v) is 3.19. The second kappa shape index (κ2) is 5.52. The largest absolute Gasteiger partial charge is 0.429 e. The van der Waals surface area contributed by atoms with Crippen LogP contribution in [-0.2, 0) is 0 Å². The van der Waals surface area contributed by atoms with E-state index < -0.39 is 45.0 Å². The van der Waals surface area contributed by atoms with E-state index in [2.05, 4.69) is 11.4 Å². The Morgan fingerprint density at radius 2 is 1.20 bits per heavy atom. The third-order valence-electron chi connectivity index (χ3n) is 2.21. The topological polar surface area (TPSA) is 75.7 Å². The predicted octanol–water partition coefficient (Wildman–Crippen LogP) is 1.04. The van der Waals surface area contributed by atoms with E-state index in [0.717, 1.165) is 18.2 Å². The molecule has 8 heteroatoms. The quantitative estimate of drug-likeness (QED) is 0.525. The van der Waals surface area contributed by atoms with Crippen molar-refractivity contribution in [3.8, 4) is 24.8 Å². The molecule has 0 atom stereocenters. The van der Waals surface area contributed by atoms with Crippen LogP contribution in [0.15, 0.2) is 0 Å². The van der Waals surface area contributed by atoms with Crippen LogP contribution in [-0.4, -0.2) is 0 Å². The summed E-state index contributed by atoms with van der Waals surface area (Å²) in [5.41, 5.74) is -2.24. The van der Waals surface area contributed by atoms with Gasteiger partial charge in [-0.1, -0.05) is 0 Å². The lowest BCUT2D eigenvalue weighted by Crippen LogP contribution is -2.30. The van der Waals surface area contributed by atoms with E-state index in [1.165, 1.54) is 0 Å². The highest BCUT2D eigenvalue weighted by molar-refractivity contribution is 5.73. The number of nitrogens with zero attached hydrogens (tertiary/aromatic N) is 4. The first-order valence-electron chi connectivity index (χ1n) is 4.66. The Balaban J connectivity index is 4.35. The van der Waals surface area contributed by atoms with Crippen LogP contribution in [0.1, 0.15) is 0 Å². The molecule has 96 valence electrons. The molecule has 1 rings (SSSR count). The second-order valence-electron chi connectivity index (χ2n) is 3.19. The fraction of sp³-hybridized carbons (Fsp3) is 0. The summed E-state index contributed by atoms with van der Waals surface area (Å²) < 4.78 is 54.6. The van der Waals surface area contributed by atoms with Crippen LogP contribution in [0, 0.1) is 63.8 Å². The minimum atomic E-state index is -1.99. The number of hydrogen-bond acceptors (Lipinski definition) is 3. The third kappa shape index (κ3) is 2.03. The van der Waals surface area contributed by atoms with Gasteiger partial charge in [0.05, 0.1) is 5.22 Å². The van der Waals surface area contributed by atoms with Crippen LogP contribution in [0.5, 0.6) is 0 Å². The van der Waals surface area contributed by atoms with Gasteiger partial charge in [-0.3, -0.25) is 0 Å². The van der Waals surface area contributed by atoms with Crippen LogP contribution >= 0.6 is 0 Å². The highest BCUT2D eigenvalue weighted by atomic mass is 19.2. The van der Waals surface area contributed by atoms with E-state index in [0.29, 0.717) is 0 Å². The monoisotopic (exact) mass is 277 g/mol. The van der Waals surface area contributed by atoms with Crippen molar-refractivity contribution in [1.82, 2.24) is 0 Å². The molecule has 20 heavy (non-hydrogen) atoms. The summed E-state index contributed by atoms with van der Waals surface area (Å²) >= 11 is 0. The van der Waals surface area contributed by atoms with Gasteiger partial charge in [0.2, 0.25) is 0 Å². The van der Waals surface area contributed by atoms with Crippen molar-refractivity contribution in [2.45, 2.75) is 0 Å². The lowest BCUT2D eigenvalue weighted by Gasteiger charge is -1.99. The third-order valence-corrected chi connectivity index (χ3v) is 2.21. The van der Waals surface area contributed by atoms with Crippen molar-refractivity contribution in [1.29, 1.82) is 15.8 Å². The molecule has 0 radical (unpaired) electrons. The molecule has 0 unspecified atom stereocenters. The van der Waals surface area contributed by atoms with E-state index in [1.54, 1.807) is 0 Å². The molecule has 1 aromatic rings. The minimum Gasteiger partial charge on any atom is -0.203 e. The maximum atomic E-state index is 13.7. The molecular weight excluding hydrogens is 276 g/mol. The first-order chi connectivity index (χ1) is 9.44. The molecule has 0 aliphatic rings. The van der Waals surface area contributed by atoms with Crippen molar-refractivity contribution < 1.29 is 17.6 Å². The molecule has 1 aromatic carbocycles. The molecule has 0 aliphatic heterocycles. The van der Waals surface area contributed by atoms with E-state index in [1.807, 2.05) is 0 Å². The highest BCUT2D eigenvalue weighted by Crippen LogP contribution is 2.07. The van der Waals surface area contributed by atoms with Gasteiger partial charge >= 0.3 is 5.70 Å². The zero-order chi connectivity index (χ0) is 15.4. The Bertz CT molecular complexity index is 746. The number of rotatable bonds is 0. The van der Waals surface area contributed by atoms with Crippen LogP contribution in [0.2, 0.25) is 0 Å². The summed E-state index contributed by atoms with van der Waals surface area (Å²) in [6.07, 6.45) is 0. The molecule has 0 saturated carbocycles. The minimum absolute atomic E-state index is 1.08. The van der Waals surface area contributed by atoms with Gasteiger partial charge in [0.1, 0.15) is 17.7 Å². The average Bonchev–Trinajstić information content (AvgIpc) is 2.46. The van der Waals surface area contributed by atoms with Crippen molar-refractivity contribution in [3.63, 3.8) is 0 Å². The van der Waals surface area contributed by atoms with Gasteiger partial charge in [-0.25, -0.2) is 17.6 Å². The van der Waals surface area contributed by atoms with Gasteiger partial charge in [0, 0.05) is 0 Å². The number of hydrogen-bond donors (Lipinski definition) is 0. The average molecular weight is 277 g/mol. The van der Waals surface area contributed by atoms with E-state index in [9.17, 15) is 17.6 Å². The smallest absolute Gasteiger partial charge is 0.203 e. The van der Waals surface area contributed by atoms with Crippen molar-refractivity contribution >= 4 is 11.3 Å². The van der Waals surface area contributed by atoms with Crippen LogP contribution < -0.4 is 10.4 Å². The standard InChI is InChI=1S/C12HF4N4/c1-20-6(4-19)8-11(15)9(13)7(5(2-17)3-18)10(14)12(8)16/h1H/q+1. The van der Waals surface area contributed by atoms with Crippen LogP contribution in [0.25, 0.3) is 16.1 Å². The molecule has 0 aliphatic carbocycles. The molecule has 0 N–H and O–H groups in total. The Labute approximate surface area is 109 Å². The highest BCUT2D eigenvalue weighted by Gasteiger charge is 2.26. The normalized spacial score (nSPS) is 8.80. The van der Waals surface area contributed by atoms with Crippen molar-refractivity contribution in [3.05, 3.63) is 38.6 Å². The molecule has 0 amide bonds. The van der Waals surface area contributed by atoms with Gasteiger partial charge in [0.15, 0.2) is 34.6 Å². The predicted molar refractivity (Wildman–Crippen MR) is 57.5 cm³/mol. The summed E-state index contributed by atoms with van der Waals surface area (Å²) in [6.45, 7) is 4.68. The van der Waals surface area contributed by atoms with Crippen molar-refractivity contribution in [2.75, 3.05) is 0 Å². The summed E-state index contributed by atoms with van der Waals surface area (Å²) in [7, 11) is 0. The van der Waals surface area contributed by atoms with Crippen LogP contribution in [0.3, 0.4) is 0 Å². The maximum absolute atomic E-state index is 13.7. The molecule has 0 bridgehead atoms. The van der Waals surface area contributed by atoms with Gasteiger partial charge in [0.25, 0.3) is 6.57 Å². The molecule has 0 heterocycles. The van der Waals surface area contributed by atoms with E-state index in [-0.39, 0.29) is 0 Å². The van der Waals surface area contributed by atoms with Gasteiger partial charge in [-0.15, -0.1) is 0 Å². The van der Waals surface area contributed by atoms with Gasteiger partial charge in [-0.05, 0) is 4.85 Å². The lowest BCUT2D eigenvalue weighted by atomic mass is 10.1. The SMILES string of the molecule is C#[N+]C(C#N)=c1c(F)c(F)c(=C(C#N)C#N)c(F)c1F. The number of halogens is 4. The summed E-state index contributed by atoms with van der Waals surface area (Å²) in [4.78, 5) is 2.70. The van der Waals surface area contributed by atoms with Crippen molar-refractivity contribution in [2.24, 2.45) is 0 Å². The Morgan fingerprint density at radius 1 is 0.800 bits per heavy atom. The molecule has 0 spiro atoms. The Hall–Kier alpha value is -3.36. The molecule has 0 saturated heterocycles. The first-order valence-corrected chi connectivity index (χ1v) is 4.66.